The lowest BCUT2D eigenvalue weighted by Gasteiger charge is -2.04. The Kier molecular flexibility index (Phi) is 4.08. The number of carbonyl (C=O) groups is 1. The van der Waals surface area contributed by atoms with Gasteiger partial charge in [-0.15, -0.1) is 0 Å². The molecule has 6 heteroatoms. The number of hydrogen-bond acceptors (Lipinski definition) is 3. The van der Waals surface area contributed by atoms with E-state index in [1.807, 2.05) is 0 Å². The zero-order chi connectivity index (χ0) is 14.0. The summed E-state index contributed by atoms with van der Waals surface area (Å²) in [6.45, 7) is 0. The number of rotatable bonds is 4. The van der Waals surface area contributed by atoms with Crippen molar-refractivity contribution in [2.45, 2.75) is 18.9 Å². The predicted molar refractivity (Wildman–Crippen MR) is 70.6 cm³/mol. The normalized spacial score (nSPS) is 14.9. The molecule has 98 valence electrons. The van der Waals surface area contributed by atoms with E-state index < -0.39 is 11.6 Å². The molecular formula is C13H9Cl2FN2O. The summed E-state index contributed by atoms with van der Waals surface area (Å²) in [5, 5.41) is 11.8. The van der Waals surface area contributed by atoms with Gasteiger partial charge in [0.25, 0.3) is 0 Å². The van der Waals surface area contributed by atoms with Crippen LogP contribution >= 0.6 is 23.2 Å². The van der Waals surface area contributed by atoms with Crippen molar-refractivity contribution in [2.24, 2.45) is 0 Å². The molecule has 0 unspecified atom stereocenters. The van der Waals surface area contributed by atoms with E-state index in [-0.39, 0.29) is 21.2 Å². The number of nitrogens with zero attached hydrogens (tertiary/aromatic N) is 1. The lowest BCUT2D eigenvalue weighted by Crippen LogP contribution is -2.12. The second-order valence-electron chi connectivity index (χ2n) is 4.19. The van der Waals surface area contributed by atoms with Gasteiger partial charge in [0.2, 0.25) is 5.78 Å². The summed E-state index contributed by atoms with van der Waals surface area (Å²) in [7, 11) is 0. The molecule has 0 aromatic heterocycles. The van der Waals surface area contributed by atoms with Gasteiger partial charge in [0.15, 0.2) is 0 Å². The van der Waals surface area contributed by atoms with Crippen LogP contribution in [0.4, 0.5) is 4.39 Å². The van der Waals surface area contributed by atoms with Crippen LogP contribution in [-0.2, 0) is 0 Å². The number of hydrogen-bond donors (Lipinski definition) is 1. The number of nitrogens with one attached hydrogen (secondary N) is 1. The Morgan fingerprint density at radius 3 is 2.68 bits per heavy atom. The van der Waals surface area contributed by atoms with E-state index in [0.29, 0.717) is 6.04 Å². The van der Waals surface area contributed by atoms with Crippen LogP contribution in [0, 0.1) is 17.1 Å². The van der Waals surface area contributed by atoms with E-state index in [1.165, 1.54) is 6.20 Å². The third kappa shape index (κ3) is 3.25. The molecule has 0 heterocycles. The van der Waals surface area contributed by atoms with E-state index in [0.717, 1.165) is 25.0 Å². The summed E-state index contributed by atoms with van der Waals surface area (Å²) in [6.07, 6.45) is 3.38. The maximum atomic E-state index is 13.4. The smallest absolute Gasteiger partial charge is 0.206 e. The number of ketones is 1. The first-order valence-electron chi connectivity index (χ1n) is 5.58. The van der Waals surface area contributed by atoms with Gasteiger partial charge in [-0.05, 0) is 25.0 Å². The van der Waals surface area contributed by atoms with Crippen molar-refractivity contribution in [1.82, 2.24) is 5.32 Å². The number of allylic oxidation sites excluding steroid dienone is 1. The van der Waals surface area contributed by atoms with Crippen LogP contribution < -0.4 is 5.32 Å². The van der Waals surface area contributed by atoms with Gasteiger partial charge in [0, 0.05) is 17.8 Å². The Labute approximate surface area is 119 Å². The lowest BCUT2D eigenvalue weighted by atomic mass is 10.0. The highest BCUT2D eigenvalue weighted by atomic mass is 35.5. The molecular weight excluding hydrogens is 290 g/mol. The molecule has 2 rings (SSSR count). The molecule has 19 heavy (non-hydrogen) atoms. The summed E-state index contributed by atoms with van der Waals surface area (Å²) >= 11 is 11.4. The van der Waals surface area contributed by atoms with Crippen LogP contribution in [0.5, 0.6) is 0 Å². The van der Waals surface area contributed by atoms with Gasteiger partial charge in [-0.3, -0.25) is 4.79 Å². The Morgan fingerprint density at radius 1 is 1.42 bits per heavy atom. The highest BCUT2D eigenvalue weighted by molar-refractivity contribution is 6.37. The van der Waals surface area contributed by atoms with Crippen LogP contribution in [0.1, 0.15) is 23.2 Å². The largest absolute Gasteiger partial charge is 0.387 e. The van der Waals surface area contributed by atoms with Crippen molar-refractivity contribution in [3.8, 4) is 6.07 Å². The van der Waals surface area contributed by atoms with E-state index in [9.17, 15) is 9.18 Å². The first kappa shape index (κ1) is 13.9. The minimum absolute atomic E-state index is 0.0176. The summed E-state index contributed by atoms with van der Waals surface area (Å²) in [5.74, 6) is -1.38. The highest BCUT2D eigenvalue weighted by Crippen LogP contribution is 2.26. The third-order valence-electron chi connectivity index (χ3n) is 2.66. The quantitative estimate of drug-likeness (QED) is 0.401. The van der Waals surface area contributed by atoms with Gasteiger partial charge >= 0.3 is 0 Å². The van der Waals surface area contributed by atoms with Crippen LogP contribution in [0.25, 0.3) is 0 Å². The number of halogens is 3. The highest BCUT2D eigenvalue weighted by Gasteiger charge is 2.22. The maximum absolute atomic E-state index is 13.4. The topological polar surface area (TPSA) is 52.9 Å². The van der Waals surface area contributed by atoms with Gasteiger partial charge in [-0.1, -0.05) is 23.2 Å². The zero-order valence-electron chi connectivity index (χ0n) is 9.71. The van der Waals surface area contributed by atoms with Crippen molar-refractivity contribution in [1.29, 1.82) is 5.26 Å². The Bertz CT molecular complexity index is 603. The maximum Gasteiger partial charge on any atom is 0.206 e. The summed E-state index contributed by atoms with van der Waals surface area (Å²) in [5.41, 5.74) is -0.190. The van der Waals surface area contributed by atoms with Crippen LogP contribution in [-0.4, -0.2) is 11.8 Å². The molecule has 1 aliphatic carbocycles. The van der Waals surface area contributed by atoms with Gasteiger partial charge in [0.1, 0.15) is 17.5 Å². The van der Waals surface area contributed by atoms with Gasteiger partial charge in [0.05, 0.1) is 10.0 Å². The van der Waals surface area contributed by atoms with Crippen molar-refractivity contribution < 1.29 is 9.18 Å². The Hall–Kier alpha value is -1.57. The van der Waals surface area contributed by atoms with Crippen molar-refractivity contribution in [3.63, 3.8) is 0 Å². The average Bonchev–Trinajstić information content (AvgIpc) is 3.18. The zero-order valence-corrected chi connectivity index (χ0v) is 11.2. The molecule has 0 bridgehead atoms. The molecule has 0 radical (unpaired) electrons. The van der Waals surface area contributed by atoms with E-state index >= 15 is 0 Å². The Morgan fingerprint density at radius 2 is 2.11 bits per heavy atom. The molecule has 0 aliphatic heterocycles. The second-order valence-corrected chi connectivity index (χ2v) is 5.00. The van der Waals surface area contributed by atoms with Crippen LogP contribution in [0.2, 0.25) is 10.0 Å². The molecule has 0 saturated heterocycles. The average molecular weight is 299 g/mol. The summed E-state index contributed by atoms with van der Waals surface area (Å²) in [6, 6.07) is 4.18. The molecule has 1 N–H and O–H groups in total. The molecule has 1 aromatic carbocycles. The molecule has 1 saturated carbocycles. The monoisotopic (exact) mass is 298 g/mol. The second kappa shape index (κ2) is 5.60. The molecule has 0 atom stereocenters. The number of benzene rings is 1. The third-order valence-corrected chi connectivity index (χ3v) is 3.26. The first-order valence-corrected chi connectivity index (χ1v) is 6.34. The van der Waals surface area contributed by atoms with Crippen molar-refractivity contribution in [2.75, 3.05) is 0 Å². The first-order chi connectivity index (χ1) is 9.02. The molecule has 3 nitrogen and oxygen atoms in total. The SMILES string of the molecule is N#C/C(=C/NC1CC1)C(=O)c1cc(F)c(Cl)cc1Cl. The fourth-order valence-electron chi connectivity index (χ4n) is 1.44. The minimum atomic E-state index is -0.748. The summed E-state index contributed by atoms with van der Waals surface area (Å²) < 4.78 is 13.4. The standard InChI is InChI=1S/C13H9Cl2FN2O/c14-10-4-11(15)12(16)3-9(10)13(19)7(5-17)6-18-8-1-2-8/h3-4,6,8,18H,1-2H2/b7-6-. The molecule has 1 aliphatic rings. The Balaban J connectivity index is 2.29. The van der Waals surface area contributed by atoms with Crippen molar-refractivity contribution in [3.05, 3.63) is 45.3 Å². The van der Waals surface area contributed by atoms with Crippen LogP contribution in [0.15, 0.2) is 23.9 Å². The minimum Gasteiger partial charge on any atom is -0.387 e. The van der Waals surface area contributed by atoms with E-state index in [1.54, 1.807) is 6.07 Å². The fourth-order valence-corrected chi connectivity index (χ4v) is 1.91. The van der Waals surface area contributed by atoms with Gasteiger partial charge < -0.3 is 5.32 Å². The lowest BCUT2D eigenvalue weighted by molar-refractivity contribution is 0.103. The van der Waals surface area contributed by atoms with E-state index in [2.05, 4.69) is 5.32 Å². The van der Waals surface area contributed by atoms with Crippen molar-refractivity contribution >= 4 is 29.0 Å². The number of Topliss-reactive ketones (excluding diaryl/α,β-unsaturated/α-hetero) is 1. The van der Waals surface area contributed by atoms with Gasteiger partial charge in [-0.25, -0.2) is 4.39 Å². The molecule has 1 fully saturated rings. The molecule has 0 spiro atoms. The number of nitriles is 1. The number of carbonyl (C=O) groups excluding carboxylic acids is 1. The molecule has 1 aromatic rings. The van der Waals surface area contributed by atoms with E-state index in [4.69, 9.17) is 28.5 Å². The van der Waals surface area contributed by atoms with Crippen LogP contribution in [0.3, 0.4) is 0 Å². The molecule has 0 amide bonds. The summed E-state index contributed by atoms with van der Waals surface area (Å²) in [4.78, 5) is 12.1. The predicted octanol–water partition coefficient (Wildman–Crippen LogP) is 3.47. The van der Waals surface area contributed by atoms with Gasteiger partial charge in [-0.2, -0.15) is 5.26 Å². The fraction of sp³-hybridized carbons (Fsp3) is 0.231.